The predicted octanol–water partition coefficient (Wildman–Crippen LogP) is 3.76. The number of pyridine rings is 1. The molecule has 4 heterocycles. The van der Waals surface area contributed by atoms with Gasteiger partial charge in [-0.15, -0.1) is 21.5 Å². The number of ether oxygens (including phenoxy) is 1. The lowest BCUT2D eigenvalue weighted by Crippen LogP contribution is -2.07. The molecule has 7 nitrogen and oxygen atoms in total. The first kappa shape index (κ1) is 18.0. The average molecular weight is 399 g/mol. The van der Waals surface area contributed by atoms with E-state index in [0.717, 1.165) is 31.8 Å². The molecule has 27 heavy (non-hydrogen) atoms. The smallest absolute Gasteiger partial charge is 0.197 e. The molecule has 0 aliphatic heterocycles. The van der Waals surface area contributed by atoms with E-state index < -0.39 is 0 Å². The van der Waals surface area contributed by atoms with Gasteiger partial charge in [0.25, 0.3) is 0 Å². The van der Waals surface area contributed by atoms with E-state index in [2.05, 4.69) is 43.6 Å². The fourth-order valence-corrected chi connectivity index (χ4v) is 4.83. The van der Waals surface area contributed by atoms with Crippen LogP contribution in [0.5, 0.6) is 0 Å². The van der Waals surface area contributed by atoms with Gasteiger partial charge in [0, 0.05) is 35.3 Å². The van der Waals surface area contributed by atoms with E-state index in [-0.39, 0.29) is 0 Å². The summed E-state index contributed by atoms with van der Waals surface area (Å²) < 4.78 is 7.34. The SMILES string of the molecule is COCCn1c(Sc2ncnc3sc(C)c(C)c23)nnc1-c1ccncc1. The zero-order valence-electron chi connectivity index (χ0n) is 15.2. The van der Waals surface area contributed by atoms with Crippen molar-refractivity contribution in [3.05, 3.63) is 41.3 Å². The van der Waals surface area contributed by atoms with Crippen LogP contribution in [0.25, 0.3) is 21.6 Å². The number of methoxy groups -OCH3 is 1. The van der Waals surface area contributed by atoms with Gasteiger partial charge in [0.15, 0.2) is 11.0 Å². The van der Waals surface area contributed by atoms with Gasteiger partial charge in [0.05, 0.1) is 13.2 Å². The van der Waals surface area contributed by atoms with Crippen molar-refractivity contribution >= 4 is 33.3 Å². The zero-order valence-corrected chi connectivity index (χ0v) is 16.8. The first-order valence-electron chi connectivity index (χ1n) is 8.40. The molecule has 0 aliphatic rings. The predicted molar refractivity (Wildman–Crippen MR) is 106 cm³/mol. The van der Waals surface area contributed by atoms with Crippen molar-refractivity contribution in [3.8, 4) is 11.4 Å². The Morgan fingerprint density at radius 1 is 1.15 bits per heavy atom. The van der Waals surface area contributed by atoms with Gasteiger partial charge in [-0.3, -0.25) is 9.55 Å². The highest BCUT2D eigenvalue weighted by molar-refractivity contribution is 7.99. The van der Waals surface area contributed by atoms with Crippen LogP contribution in [0.3, 0.4) is 0 Å². The Hall–Kier alpha value is -2.36. The Balaban J connectivity index is 1.77. The van der Waals surface area contributed by atoms with E-state index in [4.69, 9.17) is 4.74 Å². The van der Waals surface area contributed by atoms with Crippen molar-refractivity contribution in [1.82, 2.24) is 29.7 Å². The zero-order chi connectivity index (χ0) is 18.8. The van der Waals surface area contributed by atoms with E-state index in [1.807, 2.05) is 12.1 Å². The topological polar surface area (TPSA) is 78.6 Å². The Morgan fingerprint density at radius 3 is 2.74 bits per heavy atom. The summed E-state index contributed by atoms with van der Waals surface area (Å²) in [5, 5.41) is 11.6. The third kappa shape index (κ3) is 3.45. The van der Waals surface area contributed by atoms with Crippen LogP contribution >= 0.6 is 23.1 Å². The summed E-state index contributed by atoms with van der Waals surface area (Å²) in [5.41, 5.74) is 2.19. The molecule has 0 spiro atoms. The Labute approximate surface area is 164 Å². The second kappa shape index (κ2) is 7.71. The van der Waals surface area contributed by atoms with Gasteiger partial charge in [-0.05, 0) is 43.3 Å². The van der Waals surface area contributed by atoms with Gasteiger partial charge in [-0.2, -0.15) is 0 Å². The molecule has 0 saturated heterocycles. The Kier molecular flexibility index (Phi) is 5.15. The number of rotatable bonds is 6. The van der Waals surface area contributed by atoms with E-state index in [9.17, 15) is 0 Å². The monoisotopic (exact) mass is 398 g/mol. The van der Waals surface area contributed by atoms with E-state index in [1.54, 1.807) is 37.2 Å². The molecule has 0 amide bonds. The van der Waals surface area contributed by atoms with Crippen LogP contribution in [-0.4, -0.2) is 43.4 Å². The van der Waals surface area contributed by atoms with Crippen molar-refractivity contribution in [1.29, 1.82) is 0 Å². The number of aromatic nitrogens is 6. The van der Waals surface area contributed by atoms with Crippen LogP contribution in [0, 0.1) is 13.8 Å². The molecule has 4 aromatic heterocycles. The highest BCUT2D eigenvalue weighted by Crippen LogP contribution is 2.37. The summed E-state index contributed by atoms with van der Waals surface area (Å²) in [6.45, 7) is 5.44. The van der Waals surface area contributed by atoms with Crippen LogP contribution in [-0.2, 0) is 11.3 Å². The Bertz CT molecular complexity index is 1080. The van der Waals surface area contributed by atoms with Crippen molar-refractivity contribution in [2.24, 2.45) is 0 Å². The van der Waals surface area contributed by atoms with Crippen LogP contribution in [0.4, 0.5) is 0 Å². The number of fused-ring (bicyclic) bond motifs is 1. The summed E-state index contributed by atoms with van der Waals surface area (Å²) in [6.07, 6.45) is 5.12. The van der Waals surface area contributed by atoms with Crippen LogP contribution in [0.2, 0.25) is 0 Å². The minimum atomic E-state index is 0.569. The number of nitrogens with zero attached hydrogens (tertiary/aromatic N) is 6. The third-order valence-corrected chi connectivity index (χ3v) is 6.40. The first-order chi connectivity index (χ1) is 13.2. The van der Waals surface area contributed by atoms with Gasteiger partial charge in [-0.1, -0.05) is 0 Å². The number of thiophene rings is 1. The first-order valence-corrected chi connectivity index (χ1v) is 10.0. The quantitative estimate of drug-likeness (QED) is 0.458. The largest absolute Gasteiger partial charge is 0.383 e. The van der Waals surface area contributed by atoms with E-state index >= 15 is 0 Å². The molecule has 0 bridgehead atoms. The highest BCUT2D eigenvalue weighted by Gasteiger charge is 2.19. The normalized spacial score (nSPS) is 11.4. The lowest BCUT2D eigenvalue weighted by Gasteiger charge is -2.09. The fraction of sp³-hybridized carbons (Fsp3) is 0.278. The van der Waals surface area contributed by atoms with Crippen molar-refractivity contribution < 1.29 is 4.74 Å². The summed E-state index contributed by atoms with van der Waals surface area (Å²) in [6, 6.07) is 3.86. The molecule has 4 aromatic rings. The van der Waals surface area contributed by atoms with E-state index in [1.165, 1.54) is 22.2 Å². The lowest BCUT2D eigenvalue weighted by molar-refractivity contribution is 0.185. The molecule has 138 valence electrons. The minimum absolute atomic E-state index is 0.569. The average Bonchev–Trinajstić information content (AvgIpc) is 3.22. The number of hydrogen-bond acceptors (Lipinski definition) is 8. The molecule has 4 rings (SSSR count). The van der Waals surface area contributed by atoms with Crippen LogP contribution < -0.4 is 0 Å². The van der Waals surface area contributed by atoms with Crippen molar-refractivity contribution in [2.75, 3.05) is 13.7 Å². The highest BCUT2D eigenvalue weighted by atomic mass is 32.2. The van der Waals surface area contributed by atoms with Gasteiger partial charge >= 0.3 is 0 Å². The van der Waals surface area contributed by atoms with Gasteiger partial charge < -0.3 is 4.74 Å². The maximum atomic E-state index is 5.28. The molecule has 0 aromatic carbocycles. The van der Waals surface area contributed by atoms with Gasteiger partial charge in [-0.25, -0.2) is 9.97 Å². The molecule has 9 heteroatoms. The second-order valence-corrected chi connectivity index (χ2v) is 8.09. The maximum absolute atomic E-state index is 5.28. The van der Waals surface area contributed by atoms with Crippen LogP contribution in [0.15, 0.2) is 41.0 Å². The molecule has 0 N–H and O–H groups in total. The van der Waals surface area contributed by atoms with Gasteiger partial charge in [0.2, 0.25) is 0 Å². The minimum Gasteiger partial charge on any atom is -0.383 e. The summed E-state index contributed by atoms with van der Waals surface area (Å²) in [7, 11) is 1.69. The maximum Gasteiger partial charge on any atom is 0.197 e. The second-order valence-electron chi connectivity index (χ2n) is 5.93. The standard InChI is InChI=1S/C18H18N6OS2/c1-11-12(2)26-16-14(11)17(21-10-20-16)27-18-23-22-15(24(18)8-9-25-3)13-4-6-19-7-5-13/h4-7,10H,8-9H2,1-3H3. The fourth-order valence-electron chi connectivity index (χ4n) is 2.78. The Morgan fingerprint density at radius 2 is 1.96 bits per heavy atom. The van der Waals surface area contributed by atoms with Crippen molar-refractivity contribution in [3.63, 3.8) is 0 Å². The summed E-state index contributed by atoms with van der Waals surface area (Å²) in [5.74, 6) is 0.792. The van der Waals surface area contributed by atoms with Gasteiger partial charge in [0.1, 0.15) is 16.2 Å². The molecule has 0 aliphatic carbocycles. The number of hydrogen-bond donors (Lipinski definition) is 0. The third-order valence-electron chi connectivity index (χ3n) is 4.29. The molecule has 0 atom stereocenters. The molecular formula is C18H18N6OS2. The van der Waals surface area contributed by atoms with Crippen LogP contribution in [0.1, 0.15) is 10.4 Å². The number of aryl methyl sites for hydroxylation is 2. The molecule has 0 fully saturated rings. The molecule has 0 unspecified atom stereocenters. The molecule has 0 saturated carbocycles. The lowest BCUT2D eigenvalue weighted by atomic mass is 10.2. The molecular weight excluding hydrogens is 380 g/mol. The molecule has 0 radical (unpaired) electrons. The van der Waals surface area contributed by atoms with E-state index in [0.29, 0.717) is 13.2 Å². The van der Waals surface area contributed by atoms with Crippen molar-refractivity contribution in [2.45, 2.75) is 30.6 Å². The summed E-state index contributed by atoms with van der Waals surface area (Å²) in [4.78, 5) is 15.3. The summed E-state index contributed by atoms with van der Waals surface area (Å²) >= 11 is 3.20.